The third-order valence-corrected chi connectivity index (χ3v) is 4.81. The van der Waals surface area contributed by atoms with Crippen molar-refractivity contribution in [2.75, 3.05) is 39.8 Å². The van der Waals surface area contributed by atoms with Crippen LogP contribution in [0.4, 0.5) is 0 Å². The number of hydrogen-bond donors (Lipinski definition) is 1. The number of rotatable bonds is 8. The van der Waals surface area contributed by atoms with Crippen LogP contribution in [0.1, 0.15) is 38.7 Å². The van der Waals surface area contributed by atoms with Crippen molar-refractivity contribution in [3.63, 3.8) is 0 Å². The molecule has 1 aromatic carbocycles. The number of likely N-dealkylation sites (N-methyl/N-ethyl adjacent to an activating group) is 2. The molecule has 0 bridgehead atoms. The van der Waals surface area contributed by atoms with Crippen LogP contribution in [0.3, 0.4) is 0 Å². The minimum atomic E-state index is 0.145. The van der Waals surface area contributed by atoms with Crippen LogP contribution in [-0.2, 0) is 4.79 Å². The number of nitrogens with one attached hydrogen (secondary N) is 1. The normalized spacial score (nSPS) is 19.4. The van der Waals surface area contributed by atoms with Gasteiger partial charge in [-0.25, -0.2) is 0 Å². The number of hydrogen-bond acceptors (Lipinski definition) is 2. The number of carbonyl (C=O) groups is 1. The summed E-state index contributed by atoms with van der Waals surface area (Å²) in [6, 6.07) is 10.7. The first-order valence-electron chi connectivity index (χ1n) is 9.42. The van der Waals surface area contributed by atoms with Crippen molar-refractivity contribution in [1.82, 2.24) is 15.1 Å². The molecule has 1 aliphatic carbocycles. The molecule has 1 aromatic rings. The van der Waals surface area contributed by atoms with Gasteiger partial charge in [0.15, 0.2) is 5.96 Å². The Bertz CT molecular complexity index is 568. The Kier molecular flexibility index (Phi) is 7.29. The molecule has 0 heterocycles. The standard InChI is InChI=1S/C20H32N4O/c1-5-21-20(23(4)15-19(25)24(6-2)7-3)22-14-17-13-18(17)16-11-9-8-10-12-16/h8-12,17-18H,5-7,13-15H2,1-4H3,(H,21,22). The Morgan fingerprint density at radius 3 is 2.48 bits per heavy atom. The van der Waals surface area contributed by atoms with Gasteiger partial charge in [-0.05, 0) is 44.6 Å². The minimum Gasteiger partial charge on any atom is -0.357 e. The molecule has 0 aromatic heterocycles. The van der Waals surface area contributed by atoms with Crippen molar-refractivity contribution in [2.24, 2.45) is 10.9 Å². The van der Waals surface area contributed by atoms with E-state index in [2.05, 4.69) is 42.6 Å². The third-order valence-electron chi connectivity index (χ3n) is 4.81. The molecule has 25 heavy (non-hydrogen) atoms. The zero-order valence-electron chi connectivity index (χ0n) is 16.0. The third kappa shape index (κ3) is 5.48. The molecule has 1 saturated carbocycles. The number of aliphatic imine (C=N–C) groups is 1. The average Bonchev–Trinajstić information content (AvgIpc) is 3.40. The summed E-state index contributed by atoms with van der Waals surface area (Å²) in [6.07, 6.45) is 1.20. The molecule has 2 atom stereocenters. The second kappa shape index (κ2) is 9.44. The monoisotopic (exact) mass is 344 g/mol. The van der Waals surface area contributed by atoms with Crippen molar-refractivity contribution in [2.45, 2.75) is 33.1 Å². The number of nitrogens with zero attached hydrogens (tertiary/aromatic N) is 3. The van der Waals surface area contributed by atoms with Crippen LogP contribution in [0.15, 0.2) is 35.3 Å². The zero-order chi connectivity index (χ0) is 18.2. The first-order valence-corrected chi connectivity index (χ1v) is 9.42. The van der Waals surface area contributed by atoms with Gasteiger partial charge in [0.1, 0.15) is 0 Å². The van der Waals surface area contributed by atoms with E-state index in [0.717, 1.165) is 32.1 Å². The fourth-order valence-corrected chi connectivity index (χ4v) is 3.19. The Morgan fingerprint density at radius 2 is 1.88 bits per heavy atom. The van der Waals surface area contributed by atoms with Crippen molar-refractivity contribution in [3.8, 4) is 0 Å². The van der Waals surface area contributed by atoms with E-state index in [9.17, 15) is 4.79 Å². The van der Waals surface area contributed by atoms with E-state index in [1.165, 1.54) is 12.0 Å². The van der Waals surface area contributed by atoms with Crippen LogP contribution in [0.2, 0.25) is 0 Å². The lowest BCUT2D eigenvalue weighted by atomic mass is 10.1. The second-order valence-electron chi connectivity index (χ2n) is 6.63. The number of guanidine groups is 1. The molecule has 0 radical (unpaired) electrons. The maximum Gasteiger partial charge on any atom is 0.242 e. The summed E-state index contributed by atoms with van der Waals surface area (Å²) >= 11 is 0. The minimum absolute atomic E-state index is 0.145. The van der Waals surface area contributed by atoms with Crippen molar-refractivity contribution >= 4 is 11.9 Å². The molecule has 2 rings (SSSR count). The lowest BCUT2D eigenvalue weighted by molar-refractivity contribution is -0.131. The van der Waals surface area contributed by atoms with Gasteiger partial charge in [0, 0.05) is 33.2 Å². The van der Waals surface area contributed by atoms with E-state index in [1.54, 1.807) is 0 Å². The van der Waals surface area contributed by atoms with Gasteiger partial charge in [-0.1, -0.05) is 30.3 Å². The van der Waals surface area contributed by atoms with Gasteiger partial charge < -0.3 is 15.1 Å². The maximum absolute atomic E-state index is 12.3. The molecule has 1 aliphatic rings. The number of benzene rings is 1. The van der Waals surface area contributed by atoms with E-state index in [0.29, 0.717) is 18.4 Å². The van der Waals surface area contributed by atoms with Crippen LogP contribution < -0.4 is 5.32 Å². The molecular weight excluding hydrogens is 312 g/mol. The van der Waals surface area contributed by atoms with Gasteiger partial charge in [0.2, 0.25) is 5.91 Å². The quantitative estimate of drug-likeness (QED) is 0.582. The predicted octanol–water partition coefficient (Wildman–Crippen LogP) is 2.56. The summed E-state index contributed by atoms with van der Waals surface area (Å²) in [5, 5.41) is 3.31. The molecule has 1 fully saturated rings. The first kappa shape index (κ1) is 19.3. The summed E-state index contributed by atoms with van der Waals surface area (Å²) in [4.78, 5) is 20.9. The number of carbonyl (C=O) groups excluding carboxylic acids is 1. The highest BCUT2D eigenvalue weighted by Crippen LogP contribution is 2.47. The first-order chi connectivity index (χ1) is 12.1. The SMILES string of the molecule is CCNC(=NCC1CC1c1ccccc1)N(C)CC(=O)N(CC)CC. The second-order valence-corrected chi connectivity index (χ2v) is 6.63. The Balaban J connectivity index is 1.91. The van der Waals surface area contributed by atoms with Crippen LogP contribution in [0.25, 0.3) is 0 Å². The highest BCUT2D eigenvalue weighted by Gasteiger charge is 2.37. The number of amides is 1. The van der Waals surface area contributed by atoms with E-state index in [4.69, 9.17) is 4.99 Å². The van der Waals surface area contributed by atoms with Crippen LogP contribution in [0.5, 0.6) is 0 Å². The van der Waals surface area contributed by atoms with Crippen LogP contribution in [0, 0.1) is 5.92 Å². The summed E-state index contributed by atoms with van der Waals surface area (Å²) in [7, 11) is 1.93. The van der Waals surface area contributed by atoms with Crippen LogP contribution >= 0.6 is 0 Å². The zero-order valence-corrected chi connectivity index (χ0v) is 16.0. The van der Waals surface area contributed by atoms with Gasteiger partial charge in [-0.15, -0.1) is 0 Å². The van der Waals surface area contributed by atoms with Crippen molar-refractivity contribution < 1.29 is 4.79 Å². The smallest absolute Gasteiger partial charge is 0.242 e. The molecular formula is C20H32N4O. The molecule has 0 saturated heterocycles. The van der Waals surface area contributed by atoms with E-state index in [-0.39, 0.29) is 5.91 Å². The highest BCUT2D eigenvalue weighted by molar-refractivity contribution is 5.86. The summed E-state index contributed by atoms with van der Waals surface area (Å²) < 4.78 is 0. The van der Waals surface area contributed by atoms with E-state index < -0.39 is 0 Å². The highest BCUT2D eigenvalue weighted by atomic mass is 16.2. The van der Waals surface area contributed by atoms with Gasteiger partial charge >= 0.3 is 0 Å². The Hall–Kier alpha value is -2.04. The molecule has 0 aliphatic heterocycles. The van der Waals surface area contributed by atoms with Crippen molar-refractivity contribution in [3.05, 3.63) is 35.9 Å². The largest absolute Gasteiger partial charge is 0.357 e. The summed E-state index contributed by atoms with van der Waals surface area (Å²) in [6.45, 7) is 9.55. The van der Waals surface area contributed by atoms with Gasteiger partial charge in [-0.2, -0.15) is 0 Å². The Morgan fingerprint density at radius 1 is 1.20 bits per heavy atom. The lowest BCUT2D eigenvalue weighted by Gasteiger charge is -2.25. The van der Waals surface area contributed by atoms with E-state index >= 15 is 0 Å². The van der Waals surface area contributed by atoms with Crippen LogP contribution in [-0.4, -0.2) is 61.4 Å². The molecule has 0 spiro atoms. The van der Waals surface area contributed by atoms with E-state index in [1.807, 2.05) is 30.7 Å². The van der Waals surface area contributed by atoms with Crippen molar-refractivity contribution in [1.29, 1.82) is 0 Å². The molecule has 2 unspecified atom stereocenters. The van der Waals surface area contributed by atoms with Gasteiger partial charge in [-0.3, -0.25) is 9.79 Å². The predicted molar refractivity (Wildman–Crippen MR) is 104 cm³/mol. The summed E-state index contributed by atoms with van der Waals surface area (Å²) in [5.74, 6) is 2.21. The lowest BCUT2D eigenvalue weighted by Crippen LogP contribution is -2.45. The average molecular weight is 345 g/mol. The molecule has 5 nitrogen and oxygen atoms in total. The maximum atomic E-state index is 12.3. The molecule has 5 heteroatoms. The molecule has 138 valence electrons. The molecule has 1 amide bonds. The van der Waals surface area contributed by atoms with Gasteiger partial charge in [0.25, 0.3) is 0 Å². The molecule has 1 N–H and O–H groups in total. The fourth-order valence-electron chi connectivity index (χ4n) is 3.19. The topological polar surface area (TPSA) is 47.9 Å². The Labute approximate surface area is 152 Å². The summed E-state index contributed by atoms with van der Waals surface area (Å²) in [5.41, 5.74) is 1.41. The van der Waals surface area contributed by atoms with Gasteiger partial charge in [0.05, 0.1) is 6.54 Å². The fraction of sp³-hybridized carbons (Fsp3) is 0.600.